The van der Waals surface area contributed by atoms with Gasteiger partial charge < -0.3 is 0 Å². The van der Waals surface area contributed by atoms with Crippen LogP contribution in [-0.2, 0) is 0 Å². The first-order valence-electron chi connectivity index (χ1n) is 4.46. The van der Waals surface area contributed by atoms with E-state index in [1.165, 1.54) is 0 Å². The van der Waals surface area contributed by atoms with E-state index < -0.39 is 0 Å². The number of nitrogens with zero attached hydrogens (tertiary/aromatic N) is 2. The average molecular weight is 212 g/mol. The highest BCUT2D eigenvalue weighted by Gasteiger charge is 2.00. The Morgan fingerprint density at radius 1 is 1.40 bits per heavy atom. The minimum absolute atomic E-state index is 0.644. The van der Waals surface area contributed by atoms with Gasteiger partial charge in [0.05, 0.1) is 11.6 Å². The molecular formula is C12H8N2S. The van der Waals surface area contributed by atoms with Gasteiger partial charge in [0, 0.05) is 22.8 Å². The molecule has 0 spiro atoms. The van der Waals surface area contributed by atoms with Gasteiger partial charge in [0.1, 0.15) is 0 Å². The molecule has 0 bridgehead atoms. The Morgan fingerprint density at radius 2 is 2.33 bits per heavy atom. The minimum Gasteiger partial charge on any atom is -0.264 e. The lowest BCUT2D eigenvalue weighted by atomic mass is 10.1. The summed E-state index contributed by atoms with van der Waals surface area (Å²) in [5.41, 5.74) is 1.50. The van der Waals surface area contributed by atoms with Crippen LogP contribution in [0.4, 0.5) is 0 Å². The van der Waals surface area contributed by atoms with Crippen LogP contribution in [0, 0.1) is 11.3 Å². The van der Waals surface area contributed by atoms with Crippen molar-refractivity contribution in [1.29, 1.82) is 5.26 Å². The van der Waals surface area contributed by atoms with Crippen LogP contribution in [0.5, 0.6) is 0 Å². The highest BCUT2D eigenvalue weighted by atomic mass is 32.1. The van der Waals surface area contributed by atoms with Crippen LogP contribution in [-0.4, -0.2) is 4.98 Å². The third-order valence-corrected chi connectivity index (χ3v) is 2.74. The van der Waals surface area contributed by atoms with Crippen molar-refractivity contribution in [3.8, 4) is 6.07 Å². The smallest absolute Gasteiger partial charge is 0.0999 e. The molecule has 2 aromatic rings. The Labute approximate surface area is 92.1 Å². The van der Waals surface area contributed by atoms with E-state index in [0.29, 0.717) is 5.57 Å². The zero-order valence-corrected chi connectivity index (χ0v) is 8.74. The summed E-state index contributed by atoms with van der Waals surface area (Å²) in [6, 6.07) is 9.85. The molecule has 2 nitrogen and oxygen atoms in total. The number of aromatic nitrogens is 1. The number of pyridine rings is 1. The summed E-state index contributed by atoms with van der Waals surface area (Å²) in [5, 5.41) is 11.0. The van der Waals surface area contributed by atoms with Gasteiger partial charge in [0.2, 0.25) is 0 Å². The van der Waals surface area contributed by atoms with Crippen LogP contribution < -0.4 is 0 Å². The fourth-order valence-corrected chi connectivity index (χ4v) is 1.88. The van der Waals surface area contributed by atoms with Crippen molar-refractivity contribution in [1.82, 2.24) is 4.98 Å². The summed E-state index contributed by atoms with van der Waals surface area (Å²) in [4.78, 5) is 5.07. The van der Waals surface area contributed by atoms with Crippen LogP contribution in [0.25, 0.3) is 11.6 Å². The van der Waals surface area contributed by atoms with Gasteiger partial charge in [-0.2, -0.15) is 5.26 Å². The van der Waals surface area contributed by atoms with E-state index in [4.69, 9.17) is 5.26 Å². The maximum atomic E-state index is 9.04. The molecule has 72 valence electrons. The van der Waals surface area contributed by atoms with Gasteiger partial charge in [-0.25, -0.2) is 0 Å². The molecule has 0 amide bonds. The largest absolute Gasteiger partial charge is 0.264 e. The summed E-state index contributed by atoms with van der Waals surface area (Å²) in [6.45, 7) is 0. The second kappa shape index (κ2) is 4.54. The van der Waals surface area contributed by atoms with Gasteiger partial charge in [-0.3, -0.25) is 4.98 Å². The van der Waals surface area contributed by atoms with E-state index in [1.54, 1.807) is 23.7 Å². The Balaban J connectivity index is 2.38. The Bertz CT molecular complexity index is 492. The first-order chi connectivity index (χ1) is 7.40. The normalized spacial score (nSPS) is 11.0. The molecule has 0 fully saturated rings. The van der Waals surface area contributed by atoms with Crippen molar-refractivity contribution in [2.24, 2.45) is 0 Å². The van der Waals surface area contributed by atoms with E-state index in [9.17, 15) is 0 Å². The molecule has 0 unspecified atom stereocenters. The average Bonchev–Trinajstić information content (AvgIpc) is 2.80. The second-order valence-electron chi connectivity index (χ2n) is 2.93. The van der Waals surface area contributed by atoms with Gasteiger partial charge in [0.25, 0.3) is 0 Å². The number of hydrogen-bond donors (Lipinski definition) is 0. The fourth-order valence-electron chi connectivity index (χ4n) is 1.22. The molecule has 0 saturated heterocycles. The predicted octanol–water partition coefficient (Wildman–Crippen LogP) is 3.21. The monoisotopic (exact) mass is 212 g/mol. The van der Waals surface area contributed by atoms with Gasteiger partial charge in [-0.1, -0.05) is 12.1 Å². The molecule has 15 heavy (non-hydrogen) atoms. The zero-order chi connectivity index (χ0) is 10.5. The molecule has 2 heterocycles. The van der Waals surface area contributed by atoms with Gasteiger partial charge in [-0.15, -0.1) is 11.3 Å². The molecule has 0 aliphatic carbocycles. The van der Waals surface area contributed by atoms with Crippen molar-refractivity contribution in [2.45, 2.75) is 0 Å². The molecule has 2 aromatic heterocycles. The van der Waals surface area contributed by atoms with Crippen LogP contribution in [0.15, 0.2) is 42.0 Å². The second-order valence-corrected chi connectivity index (χ2v) is 3.91. The van der Waals surface area contributed by atoms with Crippen LogP contribution >= 0.6 is 11.3 Å². The van der Waals surface area contributed by atoms with Crippen molar-refractivity contribution in [3.05, 3.63) is 52.5 Å². The highest BCUT2D eigenvalue weighted by molar-refractivity contribution is 7.10. The van der Waals surface area contributed by atoms with Gasteiger partial charge in [0.15, 0.2) is 0 Å². The van der Waals surface area contributed by atoms with Crippen molar-refractivity contribution in [3.63, 3.8) is 0 Å². The summed E-state index contributed by atoms with van der Waals surface area (Å²) in [6.07, 6.45) is 5.27. The number of nitriles is 1. The molecular weight excluding hydrogens is 204 g/mol. The molecule has 0 N–H and O–H groups in total. The standard InChI is InChI=1S/C12H8N2S/c13-8-11(7-12-4-2-6-15-12)10-3-1-5-14-9-10/h1-7,9H/b11-7+. The van der Waals surface area contributed by atoms with Crippen LogP contribution in [0.2, 0.25) is 0 Å². The molecule has 0 atom stereocenters. The SMILES string of the molecule is N#C/C(=C\c1cccs1)c1cccnc1. The molecule has 0 aliphatic rings. The maximum Gasteiger partial charge on any atom is 0.0999 e. The lowest BCUT2D eigenvalue weighted by molar-refractivity contribution is 1.31. The third-order valence-electron chi connectivity index (χ3n) is 1.92. The topological polar surface area (TPSA) is 36.7 Å². The van der Waals surface area contributed by atoms with Crippen molar-refractivity contribution in [2.75, 3.05) is 0 Å². The summed E-state index contributed by atoms with van der Waals surface area (Å²) in [7, 11) is 0. The highest BCUT2D eigenvalue weighted by Crippen LogP contribution is 2.19. The van der Waals surface area contributed by atoms with Crippen LogP contribution in [0.1, 0.15) is 10.4 Å². The van der Waals surface area contributed by atoms with E-state index in [2.05, 4.69) is 11.1 Å². The summed E-state index contributed by atoms with van der Waals surface area (Å²) >= 11 is 1.61. The van der Waals surface area contributed by atoms with Crippen molar-refractivity contribution >= 4 is 23.0 Å². The number of hydrogen-bond acceptors (Lipinski definition) is 3. The summed E-state index contributed by atoms with van der Waals surface area (Å²) in [5.74, 6) is 0. The lowest BCUT2D eigenvalue weighted by Crippen LogP contribution is -1.81. The Morgan fingerprint density at radius 3 is 2.93 bits per heavy atom. The number of thiophene rings is 1. The fraction of sp³-hybridized carbons (Fsp3) is 0. The number of rotatable bonds is 2. The van der Waals surface area contributed by atoms with Crippen LogP contribution in [0.3, 0.4) is 0 Å². The van der Waals surface area contributed by atoms with Gasteiger partial charge >= 0.3 is 0 Å². The van der Waals surface area contributed by atoms with Crippen molar-refractivity contribution < 1.29 is 0 Å². The van der Waals surface area contributed by atoms with E-state index in [-0.39, 0.29) is 0 Å². The third kappa shape index (κ3) is 2.30. The zero-order valence-electron chi connectivity index (χ0n) is 7.92. The maximum absolute atomic E-state index is 9.04. The predicted molar refractivity (Wildman–Crippen MR) is 62.0 cm³/mol. The first kappa shape index (κ1) is 9.63. The number of allylic oxidation sites excluding steroid dienone is 1. The first-order valence-corrected chi connectivity index (χ1v) is 5.34. The minimum atomic E-state index is 0.644. The molecule has 2 rings (SSSR count). The lowest BCUT2D eigenvalue weighted by Gasteiger charge is -1.96. The Hall–Kier alpha value is -1.92. The van der Waals surface area contributed by atoms with E-state index >= 15 is 0 Å². The molecule has 0 radical (unpaired) electrons. The quantitative estimate of drug-likeness (QED) is 0.717. The van der Waals surface area contributed by atoms with Gasteiger partial charge in [-0.05, 0) is 23.6 Å². The molecule has 3 heteroatoms. The van der Waals surface area contributed by atoms with E-state index in [0.717, 1.165) is 10.4 Å². The molecule has 0 saturated carbocycles. The van der Waals surface area contributed by atoms with E-state index in [1.807, 2.05) is 35.7 Å². The summed E-state index contributed by atoms with van der Waals surface area (Å²) < 4.78 is 0. The molecule has 0 aromatic carbocycles. The molecule has 0 aliphatic heterocycles. The Kier molecular flexibility index (Phi) is 2.91.